The maximum Gasteiger partial charge on any atom is 0.226 e. The second-order valence-corrected chi connectivity index (χ2v) is 6.39. The molecule has 27 heavy (non-hydrogen) atoms. The summed E-state index contributed by atoms with van der Waals surface area (Å²) >= 11 is 0. The van der Waals surface area contributed by atoms with Gasteiger partial charge < -0.3 is 19.5 Å². The third kappa shape index (κ3) is 4.64. The van der Waals surface area contributed by atoms with E-state index in [0.717, 1.165) is 5.56 Å². The molecule has 8 heteroatoms. The molecule has 1 fully saturated rings. The number of nitrogens with one attached hydrogen (secondary N) is 1. The van der Waals surface area contributed by atoms with Crippen LogP contribution in [0.3, 0.4) is 0 Å². The first-order chi connectivity index (χ1) is 13.1. The van der Waals surface area contributed by atoms with Gasteiger partial charge in [-0.3, -0.25) is 9.48 Å². The first kappa shape index (κ1) is 19.3. The molecule has 0 spiro atoms. The van der Waals surface area contributed by atoms with E-state index in [2.05, 4.69) is 10.4 Å². The summed E-state index contributed by atoms with van der Waals surface area (Å²) in [5.41, 5.74) is 1.46. The molecule has 1 aliphatic heterocycles. The van der Waals surface area contributed by atoms with Gasteiger partial charge in [0.1, 0.15) is 11.6 Å². The number of rotatable bonds is 8. The number of methoxy groups -OCH3 is 2. The molecule has 1 aliphatic rings. The monoisotopic (exact) mass is 377 g/mol. The molecule has 1 aromatic heterocycles. The molecule has 0 aliphatic carbocycles. The van der Waals surface area contributed by atoms with Crippen LogP contribution in [0.15, 0.2) is 30.6 Å². The smallest absolute Gasteiger partial charge is 0.226 e. The Morgan fingerprint density at radius 2 is 2.30 bits per heavy atom. The lowest BCUT2D eigenvalue weighted by Gasteiger charge is -2.17. The summed E-state index contributed by atoms with van der Waals surface area (Å²) in [5, 5.41) is 7.16. The van der Waals surface area contributed by atoms with Crippen LogP contribution in [0.5, 0.6) is 5.75 Å². The van der Waals surface area contributed by atoms with E-state index in [1.165, 1.54) is 19.2 Å². The Balaban J connectivity index is 1.64. The van der Waals surface area contributed by atoms with Crippen LogP contribution in [0.4, 0.5) is 4.39 Å². The van der Waals surface area contributed by atoms with Gasteiger partial charge >= 0.3 is 0 Å². The topological polar surface area (TPSA) is 74.6 Å². The van der Waals surface area contributed by atoms with Gasteiger partial charge in [0.05, 0.1) is 38.5 Å². The van der Waals surface area contributed by atoms with Crippen LogP contribution in [0.25, 0.3) is 0 Å². The fraction of sp³-hybridized carbons (Fsp3) is 0.474. The number of carbonyl (C=O) groups is 1. The van der Waals surface area contributed by atoms with Crippen LogP contribution in [0, 0.1) is 11.7 Å². The summed E-state index contributed by atoms with van der Waals surface area (Å²) < 4.78 is 31.3. The lowest BCUT2D eigenvalue weighted by Crippen LogP contribution is -2.32. The fourth-order valence-electron chi connectivity index (χ4n) is 3.22. The summed E-state index contributed by atoms with van der Waals surface area (Å²) in [6.45, 7) is 1.90. The van der Waals surface area contributed by atoms with Crippen LogP contribution >= 0.6 is 0 Å². The Morgan fingerprint density at radius 3 is 3.07 bits per heavy atom. The standard InChI is InChI=1S/C19H24FN3O4/c1-25-8-6-23-12-14(11-22-23)18-16(5-7-27-18)19(24)21-10-13-9-15(20)3-4-17(13)26-2/h3-4,9,11-12,16,18H,5-8,10H2,1-2H3,(H,21,24)/t16-,18+/m0/s1. The van der Waals surface area contributed by atoms with E-state index >= 15 is 0 Å². The SMILES string of the molecule is COCCn1cc([C@H]2OCC[C@@H]2C(=O)NCc2cc(F)ccc2OC)cn1. The Bertz CT molecular complexity index is 780. The highest BCUT2D eigenvalue weighted by Crippen LogP contribution is 2.34. The molecule has 7 nitrogen and oxygen atoms in total. The first-order valence-corrected chi connectivity index (χ1v) is 8.85. The van der Waals surface area contributed by atoms with Crippen LogP contribution in [-0.2, 0) is 27.4 Å². The van der Waals surface area contributed by atoms with Gasteiger partial charge in [-0.15, -0.1) is 0 Å². The number of benzene rings is 1. The van der Waals surface area contributed by atoms with Gasteiger partial charge in [-0.05, 0) is 24.6 Å². The van der Waals surface area contributed by atoms with Crippen LogP contribution < -0.4 is 10.1 Å². The predicted molar refractivity (Wildman–Crippen MR) is 95.7 cm³/mol. The third-order valence-corrected chi connectivity index (χ3v) is 4.63. The third-order valence-electron chi connectivity index (χ3n) is 4.63. The number of aromatic nitrogens is 2. The molecule has 1 N–H and O–H groups in total. The van der Waals surface area contributed by atoms with Crippen LogP contribution in [0.2, 0.25) is 0 Å². The molecule has 2 aromatic rings. The van der Waals surface area contributed by atoms with E-state index in [0.29, 0.717) is 37.5 Å². The molecule has 3 rings (SSSR count). The molecule has 1 aromatic carbocycles. The van der Waals surface area contributed by atoms with Gasteiger partial charge in [0.15, 0.2) is 0 Å². The molecule has 2 atom stereocenters. The van der Waals surface area contributed by atoms with Crippen molar-refractivity contribution in [2.24, 2.45) is 5.92 Å². The summed E-state index contributed by atoms with van der Waals surface area (Å²) in [6.07, 6.45) is 3.89. The zero-order chi connectivity index (χ0) is 19.2. The van der Waals surface area contributed by atoms with Crippen LogP contribution in [0.1, 0.15) is 23.7 Å². The maximum atomic E-state index is 13.5. The average Bonchev–Trinajstić information content (AvgIpc) is 3.33. The summed E-state index contributed by atoms with van der Waals surface area (Å²) in [7, 11) is 3.15. The van der Waals surface area contributed by atoms with Gasteiger partial charge in [-0.2, -0.15) is 5.10 Å². The van der Waals surface area contributed by atoms with Gasteiger partial charge in [-0.25, -0.2) is 4.39 Å². The molecule has 146 valence electrons. The Hall–Kier alpha value is -2.45. The van der Waals surface area contributed by atoms with E-state index in [9.17, 15) is 9.18 Å². The number of nitrogens with zero attached hydrogens (tertiary/aromatic N) is 2. The van der Waals surface area contributed by atoms with Gasteiger partial charge in [0.25, 0.3) is 0 Å². The molecule has 0 saturated carbocycles. The number of halogens is 1. The Labute approximate surface area is 157 Å². The van der Waals surface area contributed by atoms with Crippen molar-refractivity contribution >= 4 is 5.91 Å². The summed E-state index contributed by atoms with van der Waals surface area (Å²) in [5.74, 6) is -0.279. The number of ether oxygens (including phenoxy) is 3. The van der Waals surface area contributed by atoms with Crippen molar-refractivity contribution in [3.63, 3.8) is 0 Å². The number of hydrogen-bond donors (Lipinski definition) is 1. The quantitative estimate of drug-likeness (QED) is 0.762. The zero-order valence-corrected chi connectivity index (χ0v) is 15.5. The second-order valence-electron chi connectivity index (χ2n) is 6.39. The van der Waals surface area contributed by atoms with Gasteiger partial charge in [0, 0.05) is 37.6 Å². The lowest BCUT2D eigenvalue weighted by molar-refractivity contribution is -0.126. The van der Waals surface area contributed by atoms with E-state index in [1.54, 1.807) is 24.1 Å². The van der Waals surface area contributed by atoms with E-state index in [4.69, 9.17) is 14.2 Å². The first-order valence-electron chi connectivity index (χ1n) is 8.85. The Kier molecular flexibility index (Phi) is 6.41. The van der Waals surface area contributed by atoms with Crippen molar-refractivity contribution in [2.45, 2.75) is 25.6 Å². The highest BCUT2D eigenvalue weighted by atomic mass is 19.1. The van der Waals surface area contributed by atoms with E-state index in [1.807, 2.05) is 6.20 Å². The molecule has 0 unspecified atom stereocenters. The highest BCUT2D eigenvalue weighted by Gasteiger charge is 2.36. The van der Waals surface area contributed by atoms with Crippen molar-refractivity contribution in [2.75, 3.05) is 27.4 Å². The molecule has 2 heterocycles. The van der Waals surface area contributed by atoms with Crippen molar-refractivity contribution in [1.82, 2.24) is 15.1 Å². The van der Waals surface area contributed by atoms with Gasteiger partial charge in [-0.1, -0.05) is 0 Å². The fourth-order valence-corrected chi connectivity index (χ4v) is 3.22. The average molecular weight is 377 g/mol. The van der Waals surface area contributed by atoms with Crippen molar-refractivity contribution in [3.8, 4) is 5.75 Å². The molecule has 0 bridgehead atoms. The molecule has 1 amide bonds. The number of amides is 1. The highest BCUT2D eigenvalue weighted by molar-refractivity contribution is 5.79. The van der Waals surface area contributed by atoms with E-state index in [-0.39, 0.29) is 30.3 Å². The van der Waals surface area contributed by atoms with Gasteiger partial charge in [0.2, 0.25) is 5.91 Å². The summed E-state index contributed by atoms with van der Waals surface area (Å²) in [6, 6.07) is 4.24. The molecule has 0 radical (unpaired) electrons. The second kappa shape index (κ2) is 8.96. The van der Waals surface area contributed by atoms with Crippen molar-refractivity contribution in [1.29, 1.82) is 0 Å². The minimum atomic E-state index is -0.370. The largest absolute Gasteiger partial charge is 0.496 e. The zero-order valence-electron chi connectivity index (χ0n) is 15.5. The molecular weight excluding hydrogens is 353 g/mol. The summed E-state index contributed by atoms with van der Waals surface area (Å²) in [4.78, 5) is 12.7. The lowest BCUT2D eigenvalue weighted by atomic mass is 9.96. The number of hydrogen-bond acceptors (Lipinski definition) is 5. The maximum absolute atomic E-state index is 13.5. The predicted octanol–water partition coefficient (Wildman–Crippen LogP) is 2.07. The van der Waals surface area contributed by atoms with Crippen molar-refractivity contribution < 1.29 is 23.4 Å². The Morgan fingerprint density at radius 1 is 1.44 bits per heavy atom. The minimum absolute atomic E-state index is 0.131. The van der Waals surface area contributed by atoms with E-state index < -0.39 is 0 Å². The molecule has 1 saturated heterocycles. The number of carbonyl (C=O) groups excluding carboxylic acids is 1. The molecular formula is C19H24FN3O4. The van der Waals surface area contributed by atoms with Crippen LogP contribution in [-0.4, -0.2) is 43.1 Å². The minimum Gasteiger partial charge on any atom is -0.496 e. The normalized spacial score (nSPS) is 19.2. The van der Waals surface area contributed by atoms with Crippen molar-refractivity contribution in [3.05, 3.63) is 47.5 Å².